The second-order valence-corrected chi connectivity index (χ2v) is 12.9. The van der Waals surface area contributed by atoms with Crippen molar-refractivity contribution in [2.75, 3.05) is 62.4 Å². The predicted octanol–water partition coefficient (Wildman–Crippen LogP) is 7.52. The zero-order valence-corrected chi connectivity index (χ0v) is 26.7. The van der Waals surface area contributed by atoms with Crippen LogP contribution in [0.5, 0.6) is 0 Å². The summed E-state index contributed by atoms with van der Waals surface area (Å²) >= 11 is 1.74. The minimum atomic E-state index is -0.287. The number of nitro benzene ring substituents is 1. The summed E-state index contributed by atoms with van der Waals surface area (Å²) in [6.07, 6.45) is 2.49. The van der Waals surface area contributed by atoms with Crippen molar-refractivity contribution in [3.63, 3.8) is 0 Å². The van der Waals surface area contributed by atoms with Crippen LogP contribution in [0, 0.1) is 16.0 Å². The Balaban J connectivity index is 1.35. The summed E-state index contributed by atoms with van der Waals surface area (Å²) in [6.45, 7) is 14.4. The van der Waals surface area contributed by atoms with Crippen LogP contribution in [-0.2, 0) is 11.2 Å². The number of anilines is 2. The van der Waals surface area contributed by atoms with Crippen molar-refractivity contribution in [2.24, 2.45) is 5.92 Å². The summed E-state index contributed by atoms with van der Waals surface area (Å²) in [5.74, 6) is 1.43. The largest absolute Gasteiger partial charge is 0.385 e. The molecule has 230 valence electrons. The van der Waals surface area contributed by atoms with Crippen molar-refractivity contribution >= 4 is 28.8 Å². The first-order valence-electron chi connectivity index (χ1n) is 15.2. The SMILES string of the molecule is C=C(CC(C)C)CN1CCN(c2ccc(Cc3ccc(NC(CCOC)CSc4ccccc4)c([N+](=O)[O-])c3)cc2)CC1. The number of nitro groups is 1. The van der Waals surface area contributed by atoms with E-state index >= 15 is 0 Å². The molecule has 1 unspecified atom stereocenters. The fourth-order valence-corrected chi connectivity index (χ4v) is 6.53. The molecule has 1 atom stereocenters. The number of nitrogens with zero attached hydrogens (tertiary/aromatic N) is 3. The number of thioether (sulfide) groups is 1. The Bertz CT molecular complexity index is 1310. The third-order valence-corrected chi connectivity index (χ3v) is 8.88. The molecule has 1 aliphatic heterocycles. The maximum Gasteiger partial charge on any atom is 0.292 e. The van der Waals surface area contributed by atoms with Gasteiger partial charge in [0.15, 0.2) is 0 Å². The van der Waals surface area contributed by atoms with Crippen molar-refractivity contribution in [1.82, 2.24) is 4.90 Å². The van der Waals surface area contributed by atoms with Crippen LogP contribution in [0.2, 0.25) is 0 Å². The average Bonchev–Trinajstić information content (AvgIpc) is 3.00. The summed E-state index contributed by atoms with van der Waals surface area (Å²) in [5, 5.41) is 15.5. The van der Waals surface area contributed by atoms with E-state index < -0.39 is 0 Å². The molecule has 0 aromatic heterocycles. The molecule has 7 nitrogen and oxygen atoms in total. The Hall–Kier alpha value is -3.33. The van der Waals surface area contributed by atoms with E-state index in [1.807, 2.05) is 30.3 Å². The highest BCUT2D eigenvalue weighted by atomic mass is 32.2. The van der Waals surface area contributed by atoms with Crippen LogP contribution in [0.25, 0.3) is 0 Å². The second-order valence-electron chi connectivity index (χ2n) is 11.8. The van der Waals surface area contributed by atoms with Gasteiger partial charge in [0, 0.05) is 74.9 Å². The van der Waals surface area contributed by atoms with Gasteiger partial charge in [0.05, 0.1) is 4.92 Å². The highest BCUT2D eigenvalue weighted by Gasteiger charge is 2.20. The number of rotatable bonds is 16. The van der Waals surface area contributed by atoms with E-state index in [9.17, 15) is 10.1 Å². The van der Waals surface area contributed by atoms with Crippen molar-refractivity contribution in [1.29, 1.82) is 0 Å². The topological polar surface area (TPSA) is 70.9 Å². The van der Waals surface area contributed by atoms with E-state index in [4.69, 9.17) is 4.74 Å². The Kier molecular flexibility index (Phi) is 12.5. The van der Waals surface area contributed by atoms with E-state index in [0.29, 0.717) is 24.6 Å². The van der Waals surface area contributed by atoms with Gasteiger partial charge in [0.2, 0.25) is 0 Å². The lowest BCUT2D eigenvalue weighted by atomic mass is 10.0. The smallest absolute Gasteiger partial charge is 0.292 e. The molecule has 0 radical (unpaired) electrons. The van der Waals surface area contributed by atoms with Gasteiger partial charge in [0.1, 0.15) is 5.69 Å². The van der Waals surface area contributed by atoms with Gasteiger partial charge in [-0.1, -0.05) is 62.4 Å². The van der Waals surface area contributed by atoms with E-state index in [2.05, 4.69) is 71.9 Å². The van der Waals surface area contributed by atoms with Gasteiger partial charge >= 0.3 is 0 Å². The van der Waals surface area contributed by atoms with Gasteiger partial charge in [-0.3, -0.25) is 15.0 Å². The standard InChI is InChI=1S/C35H46N4O3S/c1-27(2)22-28(3)25-37-17-19-38(20-18-37)32-13-10-29(11-14-32)23-30-12-15-34(35(24-30)39(40)41)36-31(16-21-42-4)26-43-33-8-6-5-7-9-33/h5-15,24,27,31,36H,3,16-23,25-26H2,1-2,4H3. The molecule has 0 saturated carbocycles. The molecule has 1 fully saturated rings. The minimum Gasteiger partial charge on any atom is -0.385 e. The van der Waals surface area contributed by atoms with E-state index in [0.717, 1.165) is 62.4 Å². The van der Waals surface area contributed by atoms with Crippen LogP contribution in [0.1, 0.15) is 37.8 Å². The van der Waals surface area contributed by atoms with Crippen molar-refractivity contribution < 1.29 is 9.66 Å². The van der Waals surface area contributed by atoms with Gasteiger partial charge in [-0.15, -0.1) is 11.8 Å². The molecule has 1 aliphatic rings. The number of nitrogens with one attached hydrogen (secondary N) is 1. The molecule has 3 aromatic carbocycles. The van der Waals surface area contributed by atoms with E-state index in [1.54, 1.807) is 24.9 Å². The number of methoxy groups -OCH3 is 1. The highest BCUT2D eigenvalue weighted by Crippen LogP contribution is 2.30. The van der Waals surface area contributed by atoms with Crippen molar-refractivity contribution in [3.05, 3.63) is 106 Å². The predicted molar refractivity (Wildman–Crippen MR) is 181 cm³/mol. The molecular formula is C35H46N4O3S. The highest BCUT2D eigenvalue weighted by molar-refractivity contribution is 7.99. The molecule has 0 spiro atoms. The van der Waals surface area contributed by atoms with Gasteiger partial charge in [-0.25, -0.2) is 0 Å². The molecule has 3 aromatic rings. The van der Waals surface area contributed by atoms with Crippen LogP contribution in [-0.4, -0.2) is 68.1 Å². The van der Waals surface area contributed by atoms with E-state index in [-0.39, 0.29) is 16.7 Å². The molecule has 1 saturated heterocycles. The first-order chi connectivity index (χ1) is 20.8. The summed E-state index contributed by atoms with van der Waals surface area (Å²) in [7, 11) is 1.68. The summed E-state index contributed by atoms with van der Waals surface area (Å²) in [4.78, 5) is 17.9. The molecule has 43 heavy (non-hydrogen) atoms. The zero-order chi connectivity index (χ0) is 30.6. The Labute approximate surface area is 261 Å². The van der Waals surface area contributed by atoms with Crippen molar-refractivity contribution in [2.45, 2.75) is 44.0 Å². The minimum absolute atomic E-state index is 0.0305. The summed E-state index contributed by atoms with van der Waals surface area (Å²) in [5.41, 5.74) is 5.27. The molecule has 1 heterocycles. The zero-order valence-electron chi connectivity index (χ0n) is 25.8. The van der Waals surface area contributed by atoms with Crippen LogP contribution in [0.15, 0.2) is 89.8 Å². The molecule has 0 bridgehead atoms. The fourth-order valence-electron chi connectivity index (χ4n) is 5.53. The molecule has 1 N–H and O–H groups in total. The van der Waals surface area contributed by atoms with Crippen LogP contribution in [0.3, 0.4) is 0 Å². The normalized spacial score (nSPS) is 14.6. The summed E-state index contributed by atoms with van der Waals surface area (Å²) in [6, 6.07) is 24.4. The molecule has 0 amide bonds. The Morgan fingerprint density at radius 1 is 1.02 bits per heavy atom. The van der Waals surface area contributed by atoms with Gasteiger partial charge in [0.25, 0.3) is 5.69 Å². The van der Waals surface area contributed by atoms with E-state index in [1.165, 1.54) is 16.2 Å². The lowest BCUT2D eigenvalue weighted by Gasteiger charge is -2.36. The second kappa shape index (κ2) is 16.5. The third kappa shape index (κ3) is 10.4. The Morgan fingerprint density at radius 3 is 2.37 bits per heavy atom. The summed E-state index contributed by atoms with van der Waals surface area (Å²) < 4.78 is 5.31. The van der Waals surface area contributed by atoms with Crippen LogP contribution >= 0.6 is 11.8 Å². The Morgan fingerprint density at radius 2 is 1.72 bits per heavy atom. The number of benzene rings is 3. The van der Waals surface area contributed by atoms with Crippen LogP contribution < -0.4 is 10.2 Å². The maximum absolute atomic E-state index is 12.1. The third-order valence-electron chi connectivity index (χ3n) is 7.71. The number of hydrogen-bond acceptors (Lipinski definition) is 7. The lowest BCUT2D eigenvalue weighted by molar-refractivity contribution is -0.384. The molecule has 4 rings (SSSR count). The number of hydrogen-bond donors (Lipinski definition) is 1. The number of ether oxygens (including phenoxy) is 1. The first kappa shape index (κ1) is 32.6. The van der Waals surface area contributed by atoms with Crippen LogP contribution in [0.4, 0.5) is 17.1 Å². The quantitative estimate of drug-likeness (QED) is 0.0787. The monoisotopic (exact) mass is 602 g/mol. The van der Waals surface area contributed by atoms with Gasteiger partial charge in [-0.05, 0) is 66.6 Å². The molecular weight excluding hydrogens is 556 g/mol. The fraction of sp³-hybridized carbons (Fsp3) is 0.429. The first-order valence-corrected chi connectivity index (χ1v) is 16.2. The average molecular weight is 603 g/mol. The van der Waals surface area contributed by atoms with Crippen molar-refractivity contribution in [3.8, 4) is 0 Å². The van der Waals surface area contributed by atoms with Gasteiger partial charge < -0.3 is 15.0 Å². The lowest BCUT2D eigenvalue weighted by Crippen LogP contribution is -2.46. The van der Waals surface area contributed by atoms with Gasteiger partial charge in [-0.2, -0.15) is 0 Å². The molecule has 0 aliphatic carbocycles. The molecule has 8 heteroatoms. The number of piperazine rings is 1. The maximum atomic E-state index is 12.1.